The van der Waals surface area contributed by atoms with Crippen LogP contribution in [0.4, 0.5) is 0 Å². The minimum Gasteiger partial charge on any atom is -0.513 e. The van der Waals surface area contributed by atoms with E-state index < -0.39 is 0 Å². The van der Waals surface area contributed by atoms with Crippen molar-refractivity contribution >= 4 is 5.91 Å². The van der Waals surface area contributed by atoms with E-state index in [0.29, 0.717) is 13.0 Å². The Labute approximate surface area is 162 Å². The van der Waals surface area contributed by atoms with E-state index in [1.165, 1.54) is 19.3 Å². The highest BCUT2D eigenvalue weighted by Gasteiger charge is 2.54. The van der Waals surface area contributed by atoms with Gasteiger partial charge in [0.1, 0.15) is 5.75 Å². The van der Waals surface area contributed by atoms with E-state index in [4.69, 9.17) is 4.74 Å². The fraction of sp³-hybridized carbons (Fsp3) is 0.609. The molecule has 0 saturated heterocycles. The smallest absolute Gasteiger partial charge is 0.226 e. The number of hydrogen-bond donors (Lipinski definition) is 2. The molecule has 1 aromatic rings. The minimum atomic E-state index is -0.251. The van der Waals surface area contributed by atoms with E-state index in [9.17, 15) is 9.90 Å². The molecule has 4 heteroatoms. The third-order valence-corrected chi connectivity index (χ3v) is 6.86. The molecule has 1 unspecified atom stereocenters. The summed E-state index contributed by atoms with van der Waals surface area (Å²) in [5, 5.41) is 13.1. The minimum absolute atomic E-state index is 0.0969. The van der Waals surface area contributed by atoms with Crippen molar-refractivity contribution in [2.75, 3.05) is 6.61 Å². The molecule has 4 nitrogen and oxygen atoms in total. The van der Waals surface area contributed by atoms with E-state index >= 15 is 0 Å². The number of benzene rings is 1. The van der Waals surface area contributed by atoms with Gasteiger partial charge in [-0.3, -0.25) is 4.79 Å². The van der Waals surface area contributed by atoms with Gasteiger partial charge in [0.25, 0.3) is 0 Å². The fourth-order valence-corrected chi connectivity index (χ4v) is 6.15. The van der Waals surface area contributed by atoms with Crippen LogP contribution in [0.3, 0.4) is 0 Å². The van der Waals surface area contributed by atoms with Crippen molar-refractivity contribution in [3.63, 3.8) is 0 Å². The molecule has 4 aliphatic rings. The molecule has 1 atom stereocenters. The molecule has 146 valence electrons. The molecule has 4 saturated carbocycles. The van der Waals surface area contributed by atoms with E-state index in [1.807, 2.05) is 31.2 Å². The van der Waals surface area contributed by atoms with Crippen LogP contribution in [0, 0.1) is 23.2 Å². The summed E-state index contributed by atoms with van der Waals surface area (Å²) in [5.41, 5.74) is 0.793. The maximum atomic E-state index is 13.4. The Morgan fingerprint density at radius 1 is 1.19 bits per heavy atom. The number of nitrogens with one attached hydrogen (secondary N) is 1. The Hall–Kier alpha value is -1.97. The van der Waals surface area contributed by atoms with E-state index in [1.54, 1.807) is 0 Å². The molecule has 27 heavy (non-hydrogen) atoms. The molecule has 1 amide bonds. The van der Waals surface area contributed by atoms with Gasteiger partial charge in [-0.1, -0.05) is 18.7 Å². The molecule has 1 aromatic carbocycles. The largest absolute Gasteiger partial charge is 0.513 e. The lowest BCUT2D eigenvalue weighted by Crippen LogP contribution is -2.54. The molecule has 5 rings (SSSR count). The number of carbonyl (C=O) groups excluding carboxylic acids is 1. The van der Waals surface area contributed by atoms with E-state index in [2.05, 4.69) is 11.9 Å². The predicted octanol–water partition coefficient (Wildman–Crippen LogP) is 4.92. The monoisotopic (exact) mass is 369 g/mol. The third-order valence-electron chi connectivity index (χ3n) is 6.86. The molecule has 0 spiro atoms. The average Bonchev–Trinajstić information content (AvgIpc) is 2.60. The fourth-order valence-electron chi connectivity index (χ4n) is 6.15. The zero-order valence-corrected chi connectivity index (χ0v) is 16.2. The number of ether oxygens (including phenoxy) is 1. The van der Waals surface area contributed by atoms with Gasteiger partial charge < -0.3 is 15.2 Å². The summed E-state index contributed by atoms with van der Waals surface area (Å²) in [7, 11) is 0. The molecule has 0 aromatic heterocycles. The summed E-state index contributed by atoms with van der Waals surface area (Å²) in [6.45, 7) is 6.23. The molecule has 4 fully saturated rings. The number of hydrogen-bond acceptors (Lipinski definition) is 3. The van der Waals surface area contributed by atoms with Gasteiger partial charge in [0.2, 0.25) is 5.91 Å². The molecular formula is C23H31NO3. The number of amides is 1. The van der Waals surface area contributed by atoms with Crippen LogP contribution < -0.4 is 10.1 Å². The SMILES string of the molecule is C=C(O)CC(NC(=O)C12CC3CC(CC(C3)C1)C2)c1ccc(OCC)cc1. The highest BCUT2D eigenvalue weighted by Crippen LogP contribution is 2.60. The van der Waals surface area contributed by atoms with Crippen LogP contribution in [0.5, 0.6) is 5.75 Å². The Balaban J connectivity index is 1.51. The highest BCUT2D eigenvalue weighted by molar-refractivity contribution is 5.83. The number of aliphatic hydroxyl groups excluding tert-OH is 1. The van der Waals surface area contributed by atoms with Crippen molar-refractivity contribution in [1.29, 1.82) is 0 Å². The van der Waals surface area contributed by atoms with Crippen LogP contribution >= 0.6 is 0 Å². The first-order chi connectivity index (χ1) is 13.0. The molecule has 4 aliphatic carbocycles. The molecule has 4 bridgehead atoms. The number of rotatable bonds is 7. The van der Waals surface area contributed by atoms with Crippen molar-refractivity contribution in [3.05, 3.63) is 42.2 Å². The van der Waals surface area contributed by atoms with Gasteiger partial charge in [0.15, 0.2) is 0 Å². The highest BCUT2D eigenvalue weighted by atomic mass is 16.5. The lowest BCUT2D eigenvalue weighted by molar-refractivity contribution is -0.147. The molecule has 2 N–H and O–H groups in total. The summed E-state index contributed by atoms with van der Waals surface area (Å²) in [5.74, 6) is 3.30. The Morgan fingerprint density at radius 2 is 1.74 bits per heavy atom. The summed E-state index contributed by atoms with van der Waals surface area (Å²) in [6.07, 6.45) is 7.43. The Kier molecular flexibility index (Phi) is 4.92. The predicted molar refractivity (Wildman–Crippen MR) is 105 cm³/mol. The lowest BCUT2D eigenvalue weighted by Gasteiger charge is -2.55. The second kappa shape index (κ2) is 7.21. The third kappa shape index (κ3) is 3.71. The van der Waals surface area contributed by atoms with Gasteiger partial charge in [0.05, 0.1) is 18.4 Å². The van der Waals surface area contributed by atoms with Gasteiger partial charge in [-0.2, -0.15) is 0 Å². The summed E-state index contributed by atoms with van der Waals surface area (Å²) < 4.78 is 5.51. The topological polar surface area (TPSA) is 58.6 Å². The maximum absolute atomic E-state index is 13.4. The van der Waals surface area contributed by atoms with Crippen LogP contribution in [0.1, 0.15) is 63.5 Å². The van der Waals surface area contributed by atoms with Crippen molar-refractivity contribution < 1.29 is 14.6 Å². The normalized spacial score (nSPS) is 32.1. The summed E-state index contributed by atoms with van der Waals surface area (Å²) in [6, 6.07) is 7.53. The average molecular weight is 370 g/mol. The van der Waals surface area contributed by atoms with E-state index in [0.717, 1.165) is 48.3 Å². The second-order valence-corrected chi connectivity index (χ2v) is 9.00. The first-order valence-corrected chi connectivity index (χ1v) is 10.4. The van der Waals surface area contributed by atoms with Gasteiger partial charge >= 0.3 is 0 Å². The van der Waals surface area contributed by atoms with Crippen LogP contribution in [0.25, 0.3) is 0 Å². The molecule has 0 aliphatic heterocycles. The van der Waals surface area contributed by atoms with Gasteiger partial charge in [0, 0.05) is 11.8 Å². The summed E-state index contributed by atoms with van der Waals surface area (Å²) >= 11 is 0. The number of aliphatic hydroxyl groups is 1. The van der Waals surface area contributed by atoms with Gasteiger partial charge in [-0.15, -0.1) is 0 Å². The van der Waals surface area contributed by atoms with Crippen molar-refractivity contribution in [1.82, 2.24) is 5.32 Å². The Bertz CT molecular complexity index is 674. The van der Waals surface area contributed by atoms with Crippen molar-refractivity contribution in [3.8, 4) is 5.75 Å². The zero-order valence-electron chi connectivity index (χ0n) is 16.2. The van der Waals surface area contributed by atoms with Crippen LogP contribution in [-0.2, 0) is 4.79 Å². The van der Waals surface area contributed by atoms with Gasteiger partial charge in [-0.05, 0) is 80.9 Å². The standard InChI is InChI=1S/C23H31NO3/c1-3-27-20-6-4-19(5-7-20)21(8-15(2)25)24-22(26)23-12-16-9-17(13-23)11-18(10-16)14-23/h4-7,16-18,21,25H,2-3,8-14H2,1H3,(H,24,26). The van der Waals surface area contributed by atoms with Gasteiger partial charge in [-0.25, -0.2) is 0 Å². The molecule has 0 radical (unpaired) electrons. The molecular weight excluding hydrogens is 338 g/mol. The summed E-state index contributed by atoms with van der Waals surface area (Å²) in [4.78, 5) is 13.4. The quantitative estimate of drug-likeness (QED) is 0.671. The maximum Gasteiger partial charge on any atom is 0.226 e. The van der Waals surface area contributed by atoms with Crippen molar-refractivity contribution in [2.24, 2.45) is 23.2 Å². The van der Waals surface area contributed by atoms with Crippen molar-refractivity contribution in [2.45, 2.75) is 57.9 Å². The first-order valence-electron chi connectivity index (χ1n) is 10.4. The first kappa shape index (κ1) is 18.4. The van der Waals surface area contributed by atoms with Crippen LogP contribution in [-0.4, -0.2) is 17.6 Å². The lowest BCUT2D eigenvalue weighted by atomic mass is 9.49. The second-order valence-electron chi connectivity index (χ2n) is 9.00. The van der Waals surface area contributed by atoms with E-state index in [-0.39, 0.29) is 23.1 Å². The van der Waals surface area contributed by atoms with Crippen LogP contribution in [0.15, 0.2) is 36.6 Å². The Morgan fingerprint density at radius 3 is 2.22 bits per heavy atom. The van der Waals surface area contributed by atoms with Crippen LogP contribution in [0.2, 0.25) is 0 Å². The zero-order chi connectivity index (χ0) is 19.0. The molecule has 0 heterocycles. The number of carbonyl (C=O) groups is 1.